The zero-order valence-electron chi connectivity index (χ0n) is 18.0. The lowest BCUT2D eigenvalue weighted by Crippen LogP contribution is -2.37. The lowest BCUT2D eigenvalue weighted by molar-refractivity contribution is -0.126. The monoisotopic (exact) mass is 448 g/mol. The second-order valence-corrected chi connectivity index (χ2v) is 7.75. The molecule has 168 valence electrons. The van der Waals surface area contributed by atoms with Crippen LogP contribution in [0.5, 0.6) is 11.5 Å². The van der Waals surface area contributed by atoms with Gasteiger partial charge in [0.2, 0.25) is 5.91 Å². The van der Waals surface area contributed by atoms with E-state index < -0.39 is 35.7 Å². The minimum atomic E-state index is -1.04. The van der Waals surface area contributed by atoms with Crippen LogP contribution >= 0.6 is 0 Å². The van der Waals surface area contributed by atoms with Gasteiger partial charge in [0, 0.05) is 5.56 Å². The van der Waals surface area contributed by atoms with Crippen molar-refractivity contribution >= 4 is 23.2 Å². The predicted octanol–water partition coefficient (Wildman–Crippen LogP) is 3.89. The third kappa shape index (κ3) is 3.39. The molecule has 0 unspecified atom stereocenters. The number of halogens is 1. The van der Waals surface area contributed by atoms with Gasteiger partial charge >= 0.3 is 0 Å². The third-order valence-electron chi connectivity index (χ3n) is 5.97. The Morgan fingerprint density at radius 2 is 1.58 bits per heavy atom. The number of para-hydroxylation sites is 1. The maximum absolute atomic E-state index is 13.6. The number of hydrogen-bond acceptors (Lipinski definition) is 6. The molecule has 5 rings (SSSR count). The first-order valence-corrected chi connectivity index (χ1v) is 10.4. The third-order valence-corrected chi connectivity index (χ3v) is 5.97. The highest BCUT2D eigenvalue weighted by Crippen LogP contribution is 2.50. The van der Waals surface area contributed by atoms with Crippen LogP contribution in [-0.2, 0) is 14.4 Å². The fourth-order valence-electron chi connectivity index (χ4n) is 4.44. The van der Waals surface area contributed by atoms with E-state index in [4.69, 9.17) is 14.3 Å². The molecule has 0 spiro atoms. The zero-order valence-corrected chi connectivity index (χ0v) is 18.0. The number of imide groups is 1. The molecule has 2 saturated heterocycles. The van der Waals surface area contributed by atoms with E-state index in [-0.39, 0.29) is 0 Å². The summed E-state index contributed by atoms with van der Waals surface area (Å²) in [5.41, 5.74) is 1.64. The molecular formula is C25H21FN2O5. The molecule has 2 fully saturated rings. The summed E-state index contributed by atoms with van der Waals surface area (Å²) in [6, 6.07) is 19.1. The quantitative estimate of drug-likeness (QED) is 0.552. The average molecular weight is 448 g/mol. The van der Waals surface area contributed by atoms with E-state index in [2.05, 4.69) is 0 Å². The smallest absolute Gasteiger partial charge is 0.266 e. The van der Waals surface area contributed by atoms with Crippen molar-refractivity contribution in [3.8, 4) is 11.5 Å². The predicted molar refractivity (Wildman–Crippen MR) is 118 cm³/mol. The number of fused-ring (bicyclic) bond motifs is 1. The van der Waals surface area contributed by atoms with Gasteiger partial charge in [-0.25, -0.2) is 14.4 Å². The van der Waals surface area contributed by atoms with Gasteiger partial charge in [0.25, 0.3) is 5.91 Å². The Labute approximate surface area is 189 Å². The standard InChI is InChI=1S/C25H21FN2O5/c1-31-18-12-13-20(32-2)19(14-18)22-21-23(33-28(22)17-6-4-3-5-7-17)25(30)27(24(21)29)16-10-8-15(26)9-11-16/h3-14,21-23H,1-2H3/t21-,22-,23-/m0/s1. The molecule has 0 saturated carbocycles. The molecule has 3 aromatic rings. The van der Waals surface area contributed by atoms with Crippen LogP contribution in [0.3, 0.4) is 0 Å². The van der Waals surface area contributed by atoms with Gasteiger partial charge < -0.3 is 9.47 Å². The van der Waals surface area contributed by atoms with Crippen LogP contribution in [0.4, 0.5) is 15.8 Å². The van der Waals surface area contributed by atoms with Gasteiger partial charge in [-0.05, 0) is 54.6 Å². The van der Waals surface area contributed by atoms with Crippen molar-refractivity contribution < 1.29 is 28.3 Å². The minimum Gasteiger partial charge on any atom is -0.497 e. The number of carbonyl (C=O) groups is 2. The van der Waals surface area contributed by atoms with E-state index in [1.807, 2.05) is 30.3 Å². The molecule has 2 heterocycles. The van der Waals surface area contributed by atoms with Crippen molar-refractivity contribution in [1.29, 1.82) is 0 Å². The first-order valence-electron chi connectivity index (χ1n) is 10.4. The molecule has 2 aliphatic heterocycles. The van der Waals surface area contributed by atoms with E-state index in [1.54, 1.807) is 30.4 Å². The minimum absolute atomic E-state index is 0.298. The van der Waals surface area contributed by atoms with Gasteiger partial charge in [0.15, 0.2) is 6.10 Å². The summed E-state index contributed by atoms with van der Waals surface area (Å²) < 4.78 is 24.4. The van der Waals surface area contributed by atoms with Gasteiger partial charge in [-0.3, -0.25) is 14.4 Å². The Hall–Kier alpha value is -3.91. The zero-order chi connectivity index (χ0) is 23.1. The fourth-order valence-corrected chi connectivity index (χ4v) is 4.44. The lowest BCUT2D eigenvalue weighted by atomic mass is 9.89. The number of ether oxygens (including phenoxy) is 2. The summed E-state index contributed by atoms with van der Waals surface area (Å²) >= 11 is 0. The maximum Gasteiger partial charge on any atom is 0.266 e. The number of hydroxylamine groups is 1. The summed E-state index contributed by atoms with van der Waals surface area (Å²) in [5, 5.41) is 1.59. The Kier molecular flexibility index (Phi) is 5.22. The topological polar surface area (TPSA) is 68.3 Å². The van der Waals surface area contributed by atoms with Crippen LogP contribution in [0, 0.1) is 11.7 Å². The fraction of sp³-hybridized carbons (Fsp3) is 0.200. The van der Waals surface area contributed by atoms with Crippen molar-refractivity contribution in [2.24, 2.45) is 5.92 Å². The summed E-state index contributed by atoms with van der Waals surface area (Å²) in [6.07, 6.45) is -1.04. The molecule has 3 atom stereocenters. The second kappa shape index (κ2) is 8.22. The van der Waals surface area contributed by atoms with E-state index >= 15 is 0 Å². The molecule has 0 bridgehead atoms. The number of carbonyl (C=O) groups excluding carboxylic acids is 2. The second-order valence-electron chi connectivity index (χ2n) is 7.75. The molecule has 8 heteroatoms. The van der Waals surface area contributed by atoms with Crippen molar-refractivity contribution in [2.45, 2.75) is 12.1 Å². The Balaban J connectivity index is 1.63. The SMILES string of the molecule is COc1ccc(OC)c([C@H]2[C@@H]3C(=O)N(c4ccc(F)cc4)C(=O)[C@H]3ON2c2ccccc2)c1. The number of hydrogen-bond donors (Lipinski definition) is 0. The number of nitrogens with zero attached hydrogens (tertiary/aromatic N) is 2. The maximum atomic E-state index is 13.6. The number of anilines is 2. The molecule has 0 aromatic heterocycles. The Bertz CT molecular complexity index is 1200. The van der Waals surface area contributed by atoms with Crippen LogP contribution in [0.15, 0.2) is 72.8 Å². The number of rotatable bonds is 5. The number of benzene rings is 3. The highest BCUT2D eigenvalue weighted by Gasteiger charge is 2.60. The highest BCUT2D eigenvalue weighted by molar-refractivity contribution is 6.23. The number of amides is 2. The Morgan fingerprint density at radius 3 is 2.24 bits per heavy atom. The number of methoxy groups -OCH3 is 2. The van der Waals surface area contributed by atoms with E-state index in [0.29, 0.717) is 28.4 Å². The van der Waals surface area contributed by atoms with Gasteiger partial charge in [-0.15, -0.1) is 0 Å². The van der Waals surface area contributed by atoms with E-state index in [1.165, 1.54) is 31.4 Å². The van der Waals surface area contributed by atoms with Crippen LogP contribution in [0.2, 0.25) is 0 Å². The summed E-state index contributed by atoms with van der Waals surface area (Å²) in [5.74, 6) is -1.11. The lowest BCUT2D eigenvalue weighted by Gasteiger charge is -2.29. The van der Waals surface area contributed by atoms with Gasteiger partial charge in [-0.1, -0.05) is 18.2 Å². The first-order chi connectivity index (χ1) is 16.0. The molecule has 2 aliphatic rings. The summed E-state index contributed by atoms with van der Waals surface area (Å²) in [6.45, 7) is 0. The Morgan fingerprint density at radius 1 is 0.848 bits per heavy atom. The van der Waals surface area contributed by atoms with Crippen LogP contribution in [0.1, 0.15) is 11.6 Å². The summed E-state index contributed by atoms with van der Waals surface area (Å²) in [7, 11) is 3.09. The molecule has 0 N–H and O–H groups in total. The highest BCUT2D eigenvalue weighted by atomic mass is 19.1. The van der Waals surface area contributed by atoms with Gasteiger partial charge in [0.1, 0.15) is 29.3 Å². The van der Waals surface area contributed by atoms with Crippen molar-refractivity contribution in [1.82, 2.24) is 0 Å². The van der Waals surface area contributed by atoms with Crippen molar-refractivity contribution in [2.75, 3.05) is 24.2 Å². The first kappa shape index (κ1) is 21.0. The average Bonchev–Trinajstić information content (AvgIpc) is 3.36. The van der Waals surface area contributed by atoms with E-state index in [0.717, 1.165) is 4.90 Å². The van der Waals surface area contributed by atoms with Gasteiger partial charge in [0.05, 0.1) is 25.6 Å². The molecule has 0 radical (unpaired) electrons. The van der Waals surface area contributed by atoms with Crippen LogP contribution in [0.25, 0.3) is 0 Å². The molecule has 2 amide bonds. The normalized spacial score (nSPS) is 22.0. The van der Waals surface area contributed by atoms with E-state index in [9.17, 15) is 14.0 Å². The van der Waals surface area contributed by atoms with Gasteiger partial charge in [-0.2, -0.15) is 0 Å². The molecular weight excluding hydrogens is 427 g/mol. The largest absolute Gasteiger partial charge is 0.497 e. The van der Waals surface area contributed by atoms with Crippen molar-refractivity contribution in [3.05, 3.63) is 84.2 Å². The van der Waals surface area contributed by atoms with Crippen LogP contribution < -0.4 is 19.4 Å². The molecule has 7 nitrogen and oxygen atoms in total. The van der Waals surface area contributed by atoms with Crippen LogP contribution in [-0.4, -0.2) is 32.1 Å². The molecule has 3 aromatic carbocycles. The summed E-state index contributed by atoms with van der Waals surface area (Å²) in [4.78, 5) is 34.1. The molecule has 33 heavy (non-hydrogen) atoms. The van der Waals surface area contributed by atoms with Crippen molar-refractivity contribution in [3.63, 3.8) is 0 Å². The molecule has 0 aliphatic carbocycles.